The number of unbranched alkanes of at least 4 members (excludes halogenated alkanes) is 1. The fourth-order valence-corrected chi connectivity index (χ4v) is 2.46. The topological polar surface area (TPSA) is 62.8 Å². The molecule has 1 aromatic heterocycles. The van der Waals surface area contributed by atoms with E-state index in [0.717, 1.165) is 24.8 Å². The Balaban J connectivity index is 2.64. The third-order valence-corrected chi connectivity index (χ3v) is 4.11. The molecule has 134 valence electrons. The van der Waals surface area contributed by atoms with Gasteiger partial charge in [-0.2, -0.15) is 13.2 Å². The Hall–Kier alpha value is -1.85. The molecule has 1 unspecified atom stereocenters. The molecule has 0 aliphatic carbocycles. The Morgan fingerprint density at radius 1 is 1.29 bits per heavy atom. The molecule has 3 nitrogen and oxygen atoms in total. The van der Waals surface area contributed by atoms with Gasteiger partial charge in [-0.25, -0.2) is 0 Å². The maximum Gasteiger partial charge on any atom is 0.430 e. The van der Waals surface area contributed by atoms with Crippen LogP contribution in [0.3, 0.4) is 0 Å². The Labute approximate surface area is 141 Å². The number of rotatable bonds is 9. The van der Waals surface area contributed by atoms with Crippen LogP contribution in [-0.4, -0.2) is 16.9 Å². The summed E-state index contributed by atoms with van der Waals surface area (Å²) in [7, 11) is 0. The lowest BCUT2D eigenvalue weighted by atomic mass is 9.93. The number of aromatic nitrogens is 1. The molecule has 3 N–H and O–H groups in total. The van der Waals surface area contributed by atoms with Crippen LogP contribution in [0.15, 0.2) is 30.1 Å². The predicted molar refractivity (Wildman–Crippen MR) is 91.0 cm³/mol. The summed E-state index contributed by atoms with van der Waals surface area (Å²) in [4.78, 5) is 4.09. The number of allylic oxidation sites excluding steroid dienone is 2. The molecule has 24 heavy (non-hydrogen) atoms. The average Bonchev–Trinajstić information content (AvgIpc) is 2.54. The molecule has 0 aliphatic rings. The number of nitrogens with one attached hydrogen (secondary N) is 1. The van der Waals surface area contributed by atoms with E-state index in [1.165, 1.54) is 19.3 Å². The number of hydrogen-bond acceptors (Lipinski definition) is 3. The number of hydrogen-bond donors (Lipinski definition) is 2. The maximum atomic E-state index is 12.4. The molecule has 0 radical (unpaired) electrons. The van der Waals surface area contributed by atoms with Gasteiger partial charge in [0.2, 0.25) is 0 Å². The molecule has 0 saturated carbocycles. The molecular formula is C18H26F3N3. The second kappa shape index (κ2) is 9.45. The molecule has 1 aromatic rings. The minimum Gasteiger partial charge on any atom is -0.395 e. The van der Waals surface area contributed by atoms with Crippen molar-refractivity contribution in [3.63, 3.8) is 0 Å². The van der Waals surface area contributed by atoms with Crippen LogP contribution in [0.1, 0.15) is 57.2 Å². The summed E-state index contributed by atoms with van der Waals surface area (Å²) in [5, 5.41) is 7.67. The van der Waals surface area contributed by atoms with E-state index in [4.69, 9.17) is 11.1 Å². The molecule has 0 fully saturated rings. The normalized spacial score (nSPS) is 13.8. The van der Waals surface area contributed by atoms with Gasteiger partial charge in [-0.15, -0.1) is 0 Å². The molecule has 0 saturated heterocycles. The second-order valence-corrected chi connectivity index (χ2v) is 6.02. The summed E-state index contributed by atoms with van der Waals surface area (Å²) < 4.78 is 37.1. The standard InChI is InChI=1S/C18H26F3N3/c1-3-5-6-13(4-2)7-8-14-9-10-16(24-12-14)15(22)11-17(23)18(19,20)21/h9-13,22H,3-8,23H2,1-2H3. The number of aryl methyl sites for hydroxylation is 1. The van der Waals surface area contributed by atoms with Crippen molar-refractivity contribution >= 4 is 5.71 Å². The van der Waals surface area contributed by atoms with Gasteiger partial charge in [-0.1, -0.05) is 45.6 Å². The maximum absolute atomic E-state index is 12.4. The third kappa shape index (κ3) is 6.72. The first-order valence-corrected chi connectivity index (χ1v) is 8.36. The SMILES string of the molecule is CCCCC(CC)CCc1ccc(C(=N)C=C(N)C(F)(F)F)nc1. The Kier molecular flexibility index (Phi) is 7.95. The van der Waals surface area contributed by atoms with Crippen LogP contribution in [0.4, 0.5) is 13.2 Å². The summed E-state index contributed by atoms with van der Waals surface area (Å²) in [6.45, 7) is 4.38. The summed E-state index contributed by atoms with van der Waals surface area (Å²) in [5.41, 5.74) is 4.51. The van der Waals surface area contributed by atoms with Crippen LogP contribution >= 0.6 is 0 Å². The lowest BCUT2D eigenvalue weighted by Gasteiger charge is -2.14. The van der Waals surface area contributed by atoms with Crippen molar-refractivity contribution in [2.75, 3.05) is 0 Å². The van der Waals surface area contributed by atoms with E-state index in [1.54, 1.807) is 12.3 Å². The molecule has 0 spiro atoms. The number of halogens is 3. The smallest absolute Gasteiger partial charge is 0.395 e. The van der Waals surface area contributed by atoms with Crippen molar-refractivity contribution in [2.24, 2.45) is 11.7 Å². The summed E-state index contributed by atoms with van der Waals surface area (Å²) in [6, 6.07) is 3.39. The molecular weight excluding hydrogens is 315 g/mol. The summed E-state index contributed by atoms with van der Waals surface area (Å²) >= 11 is 0. The minimum atomic E-state index is -4.63. The van der Waals surface area contributed by atoms with Gasteiger partial charge in [0.1, 0.15) is 5.70 Å². The first-order valence-electron chi connectivity index (χ1n) is 8.36. The van der Waals surface area contributed by atoms with Crippen LogP contribution in [-0.2, 0) is 6.42 Å². The van der Waals surface area contributed by atoms with Gasteiger partial charge in [-0.3, -0.25) is 10.4 Å². The van der Waals surface area contributed by atoms with Crippen molar-refractivity contribution in [2.45, 2.75) is 58.5 Å². The predicted octanol–water partition coefficient (Wildman–Crippen LogP) is 5.00. The zero-order chi connectivity index (χ0) is 18.2. The molecule has 0 aromatic carbocycles. The number of alkyl halides is 3. The van der Waals surface area contributed by atoms with Gasteiger partial charge in [0, 0.05) is 6.20 Å². The Bertz CT molecular complexity index is 548. The van der Waals surface area contributed by atoms with Gasteiger partial charge >= 0.3 is 6.18 Å². The van der Waals surface area contributed by atoms with Gasteiger partial charge in [-0.05, 0) is 36.5 Å². The highest BCUT2D eigenvalue weighted by Crippen LogP contribution is 2.22. The van der Waals surface area contributed by atoms with E-state index < -0.39 is 11.9 Å². The van der Waals surface area contributed by atoms with E-state index in [1.807, 2.05) is 6.07 Å². The van der Waals surface area contributed by atoms with E-state index in [-0.39, 0.29) is 11.4 Å². The van der Waals surface area contributed by atoms with Crippen molar-refractivity contribution in [1.29, 1.82) is 5.41 Å². The molecule has 1 heterocycles. The highest BCUT2D eigenvalue weighted by molar-refractivity contribution is 6.05. The van der Waals surface area contributed by atoms with Gasteiger partial charge < -0.3 is 5.73 Å². The lowest BCUT2D eigenvalue weighted by molar-refractivity contribution is -0.0925. The van der Waals surface area contributed by atoms with E-state index in [2.05, 4.69) is 18.8 Å². The van der Waals surface area contributed by atoms with Crippen LogP contribution in [0, 0.1) is 11.3 Å². The fourth-order valence-electron chi connectivity index (χ4n) is 2.46. The van der Waals surface area contributed by atoms with Crippen LogP contribution in [0.25, 0.3) is 0 Å². The number of nitrogens with two attached hydrogens (primary N) is 1. The number of pyridine rings is 1. The van der Waals surface area contributed by atoms with E-state index >= 15 is 0 Å². The summed E-state index contributed by atoms with van der Waals surface area (Å²) in [5.74, 6) is 0.692. The zero-order valence-electron chi connectivity index (χ0n) is 14.3. The average molecular weight is 341 g/mol. The fraction of sp³-hybridized carbons (Fsp3) is 0.556. The number of nitrogens with zero attached hydrogens (tertiary/aromatic N) is 1. The van der Waals surface area contributed by atoms with Crippen LogP contribution < -0.4 is 5.73 Å². The molecule has 1 atom stereocenters. The Morgan fingerprint density at radius 2 is 2.00 bits per heavy atom. The van der Waals surface area contributed by atoms with Crippen molar-refractivity contribution in [3.8, 4) is 0 Å². The highest BCUT2D eigenvalue weighted by Gasteiger charge is 2.31. The van der Waals surface area contributed by atoms with Gasteiger partial charge in [0.15, 0.2) is 0 Å². The second-order valence-electron chi connectivity index (χ2n) is 6.02. The molecule has 1 rings (SSSR count). The first kappa shape index (κ1) is 20.2. The van der Waals surface area contributed by atoms with Crippen molar-refractivity contribution in [3.05, 3.63) is 41.4 Å². The Morgan fingerprint density at radius 3 is 2.50 bits per heavy atom. The quantitative estimate of drug-likeness (QED) is 0.621. The largest absolute Gasteiger partial charge is 0.430 e. The lowest BCUT2D eigenvalue weighted by Crippen LogP contribution is -2.20. The van der Waals surface area contributed by atoms with Gasteiger partial charge in [0.05, 0.1) is 11.4 Å². The van der Waals surface area contributed by atoms with Crippen LogP contribution in [0.5, 0.6) is 0 Å². The zero-order valence-corrected chi connectivity index (χ0v) is 14.3. The van der Waals surface area contributed by atoms with Gasteiger partial charge in [0.25, 0.3) is 0 Å². The molecule has 0 bridgehead atoms. The molecule has 0 amide bonds. The van der Waals surface area contributed by atoms with E-state index in [0.29, 0.717) is 12.0 Å². The molecule has 0 aliphatic heterocycles. The summed E-state index contributed by atoms with van der Waals surface area (Å²) in [6.07, 6.45) is 4.39. The van der Waals surface area contributed by atoms with E-state index in [9.17, 15) is 13.2 Å². The highest BCUT2D eigenvalue weighted by atomic mass is 19.4. The third-order valence-electron chi connectivity index (χ3n) is 4.11. The molecule has 6 heteroatoms. The van der Waals surface area contributed by atoms with Crippen molar-refractivity contribution in [1.82, 2.24) is 4.98 Å². The van der Waals surface area contributed by atoms with Crippen molar-refractivity contribution < 1.29 is 13.2 Å². The van der Waals surface area contributed by atoms with Crippen LogP contribution in [0.2, 0.25) is 0 Å². The monoisotopic (exact) mass is 341 g/mol. The first-order chi connectivity index (χ1) is 11.3. The minimum absolute atomic E-state index is 0.184.